The molecule has 2 aromatic carbocycles. The van der Waals surface area contributed by atoms with Gasteiger partial charge in [0.15, 0.2) is 6.61 Å². The third kappa shape index (κ3) is 5.54. The van der Waals surface area contributed by atoms with Crippen LogP contribution in [0.2, 0.25) is 0 Å². The monoisotopic (exact) mass is 315 g/mol. The van der Waals surface area contributed by atoms with E-state index in [-0.39, 0.29) is 12.1 Å². The van der Waals surface area contributed by atoms with Gasteiger partial charge in [-0.15, -0.1) is 0 Å². The molecular weight excluding hydrogens is 297 g/mol. The Balaban J connectivity index is 1.74. The van der Waals surface area contributed by atoms with Gasteiger partial charge in [-0.3, -0.25) is 9.59 Å². The maximum atomic E-state index is 13.6. The lowest BCUT2D eigenvalue weighted by Gasteiger charge is -2.08. The van der Waals surface area contributed by atoms with E-state index in [4.69, 9.17) is 4.74 Å². The standard InChI is InChI=1S/C18H18FNO3/c1-13-7-9-16(15(19)11-13)20-17(21)12-23-18(22)10-8-14-5-3-2-4-6-14/h2-7,9,11H,8,10,12H2,1H3,(H,20,21). The predicted molar refractivity (Wildman–Crippen MR) is 85.5 cm³/mol. The second-order valence-electron chi connectivity index (χ2n) is 5.18. The molecule has 0 unspecified atom stereocenters. The molecule has 2 rings (SSSR count). The molecule has 5 heteroatoms. The second kappa shape index (κ2) is 8.08. The molecule has 0 bridgehead atoms. The SMILES string of the molecule is Cc1ccc(NC(=O)COC(=O)CCc2ccccc2)c(F)c1. The van der Waals surface area contributed by atoms with Crippen LogP contribution in [0.3, 0.4) is 0 Å². The van der Waals surface area contributed by atoms with E-state index in [0.29, 0.717) is 6.42 Å². The number of ether oxygens (including phenoxy) is 1. The number of anilines is 1. The minimum atomic E-state index is -0.569. The van der Waals surface area contributed by atoms with Crippen molar-refractivity contribution in [3.05, 3.63) is 65.5 Å². The first-order valence-electron chi connectivity index (χ1n) is 7.30. The Morgan fingerprint density at radius 3 is 2.57 bits per heavy atom. The number of halogens is 1. The summed E-state index contributed by atoms with van der Waals surface area (Å²) in [7, 11) is 0. The van der Waals surface area contributed by atoms with Crippen molar-refractivity contribution in [2.45, 2.75) is 19.8 Å². The summed E-state index contributed by atoms with van der Waals surface area (Å²) in [5, 5.41) is 2.38. The van der Waals surface area contributed by atoms with E-state index in [1.165, 1.54) is 12.1 Å². The van der Waals surface area contributed by atoms with Gasteiger partial charge in [-0.05, 0) is 36.6 Å². The molecule has 23 heavy (non-hydrogen) atoms. The van der Waals surface area contributed by atoms with Crippen LogP contribution in [0.1, 0.15) is 17.5 Å². The van der Waals surface area contributed by atoms with Crippen LogP contribution >= 0.6 is 0 Å². The molecule has 0 atom stereocenters. The number of esters is 1. The smallest absolute Gasteiger partial charge is 0.306 e. The first-order valence-corrected chi connectivity index (χ1v) is 7.30. The Morgan fingerprint density at radius 1 is 1.13 bits per heavy atom. The highest BCUT2D eigenvalue weighted by Gasteiger charge is 2.10. The number of amides is 1. The summed E-state index contributed by atoms with van der Waals surface area (Å²) in [5.74, 6) is -1.55. The highest BCUT2D eigenvalue weighted by atomic mass is 19.1. The summed E-state index contributed by atoms with van der Waals surface area (Å²) in [6.07, 6.45) is 0.740. The van der Waals surface area contributed by atoms with Crippen molar-refractivity contribution in [2.75, 3.05) is 11.9 Å². The summed E-state index contributed by atoms with van der Waals surface area (Å²) < 4.78 is 18.5. The largest absolute Gasteiger partial charge is 0.456 e. The Bertz CT molecular complexity index is 686. The van der Waals surface area contributed by atoms with Gasteiger partial charge in [-0.1, -0.05) is 36.4 Å². The van der Waals surface area contributed by atoms with Crippen LogP contribution in [0.15, 0.2) is 48.5 Å². The third-order valence-corrected chi connectivity index (χ3v) is 3.22. The molecule has 0 aromatic heterocycles. The lowest BCUT2D eigenvalue weighted by Crippen LogP contribution is -2.21. The van der Waals surface area contributed by atoms with E-state index in [1.807, 2.05) is 30.3 Å². The Morgan fingerprint density at radius 2 is 1.87 bits per heavy atom. The average Bonchev–Trinajstić information content (AvgIpc) is 2.54. The lowest BCUT2D eigenvalue weighted by atomic mass is 10.1. The lowest BCUT2D eigenvalue weighted by molar-refractivity contribution is -0.147. The summed E-state index contributed by atoms with van der Waals surface area (Å²) in [4.78, 5) is 23.3. The van der Waals surface area contributed by atoms with Crippen molar-refractivity contribution in [2.24, 2.45) is 0 Å². The molecule has 0 fully saturated rings. The molecule has 0 radical (unpaired) electrons. The van der Waals surface area contributed by atoms with Gasteiger partial charge in [0.05, 0.1) is 5.69 Å². The summed E-state index contributed by atoms with van der Waals surface area (Å²) in [6, 6.07) is 14.0. The first kappa shape index (κ1) is 16.7. The Labute approximate surface area is 134 Å². The quantitative estimate of drug-likeness (QED) is 0.833. The van der Waals surface area contributed by atoms with E-state index in [2.05, 4.69) is 5.32 Å². The molecule has 0 saturated heterocycles. The first-order chi connectivity index (χ1) is 11.0. The third-order valence-electron chi connectivity index (χ3n) is 3.22. The van der Waals surface area contributed by atoms with Crippen LogP contribution < -0.4 is 5.32 Å². The predicted octanol–water partition coefficient (Wildman–Crippen LogP) is 3.25. The van der Waals surface area contributed by atoms with Crippen molar-refractivity contribution in [1.82, 2.24) is 0 Å². The van der Waals surface area contributed by atoms with Crippen molar-refractivity contribution >= 4 is 17.6 Å². The number of hydrogen-bond acceptors (Lipinski definition) is 3. The van der Waals surface area contributed by atoms with E-state index in [0.717, 1.165) is 11.1 Å². The normalized spacial score (nSPS) is 10.2. The molecule has 0 heterocycles. The van der Waals surface area contributed by atoms with Gasteiger partial charge in [-0.2, -0.15) is 0 Å². The van der Waals surface area contributed by atoms with Gasteiger partial charge in [0.25, 0.3) is 5.91 Å². The van der Waals surface area contributed by atoms with Gasteiger partial charge in [-0.25, -0.2) is 4.39 Å². The fraction of sp³-hybridized carbons (Fsp3) is 0.222. The van der Waals surface area contributed by atoms with Crippen molar-refractivity contribution < 1.29 is 18.7 Å². The van der Waals surface area contributed by atoms with Gasteiger partial charge < -0.3 is 10.1 Å². The van der Waals surface area contributed by atoms with Crippen LogP contribution in [0.5, 0.6) is 0 Å². The fourth-order valence-corrected chi connectivity index (χ4v) is 2.02. The highest BCUT2D eigenvalue weighted by Crippen LogP contribution is 2.15. The Kier molecular flexibility index (Phi) is 5.86. The number of hydrogen-bond donors (Lipinski definition) is 1. The summed E-state index contributed by atoms with van der Waals surface area (Å²) >= 11 is 0. The van der Waals surface area contributed by atoms with Gasteiger partial charge >= 0.3 is 5.97 Å². The number of carbonyl (C=O) groups excluding carboxylic acids is 2. The second-order valence-corrected chi connectivity index (χ2v) is 5.18. The minimum Gasteiger partial charge on any atom is -0.456 e. The molecular formula is C18H18FNO3. The zero-order chi connectivity index (χ0) is 16.7. The molecule has 0 aliphatic heterocycles. The number of carbonyl (C=O) groups is 2. The number of aryl methyl sites for hydroxylation is 2. The molecule has 2 aromatic rings. The Hall–Kier alpha value is -2.69. The maximum Gasteiger partial charge on any atom is 0.306 e. The zero-order valence-electron chi connectivity index (χ0n) is 12.8. The molecule has 120 valence electrons. The fourth-order valence-electron chi connectivity index (χ4n) is 2.02. The van der Waals surface area contributed by atoms with Crippen molar-refractivity contribution in [3.8, 4) is 0 Å². The van der Waals surface area contributed by atoms with E-state index >= 15 is 0 Å². The summed E-state index contributed by atoms with van der Waals surface area (Å²) in [6.45, 7) is 1.32. The molecule has 0 aliphatic rings. The average molecular weight is 315 g/mol. The van der Waals surface area contributed by atoms with E-state index < -0.39 is 24.3 Å². The van der Waals surface area contributed by atoms with Crippen molar-refractivity contribution in [3.63, 3.8) is 0 Å². The van der Waals surface area contributed by atoms with E-state index in [1.54, 1.807) is 13.0 Å². The molecule has 1 N–H and O–H groups in total. The van der Waals surface area contributed by atoms with Gasteiger partial charge in [0.1, 0.15) is 5.82 Å². The van der Waals surface area contributed by atoms with Gasteiger partial charge in [0.2, 0.25) is 0 Å². The van der Waals surface area contributed by atoms with Crippen LogP contribution in [0.4, 0.5) is 10.1 Å². The number of nitrogens with one attached hydrogen (secondary N) is 1. The van der Waals surface area contributed by atoms with Crippen molar-refractivity contribution in [1.29, 1.82) is 0 Å². The molecule has 1 amide bonds. The number of benzene rings is 2. The van der Waals surface area contributed by atoms with Crippen LogP contribution in [-0.2, 0) is 20.7 Å². The van der Waals surface area contributed by atoms with Crippen LogP contribution in [0, 0.1) is 12.7 Å². The minimum absolute atomic E-state index is 0.0703. The van der Waals surface area contributed by atoms with E-state index in [9.17, 15) is 14.0 Å². The highest BCUT2D eigenvalue weighted by molar-refractivity contribution is 5.92. The summed E-state index contributed by atoms with van der Waals surface area (Å²) in [5.41, 5.74) is 1.85. The zero-order valence-corrected chi connectivity index (χ0v) is 12.8. The van der Waals surface area contributed by atoms with Crippen LogP contribution in [-0.4, -0.2) is 18.5 Å². The number of rotatable bonds is 6. The molecule has 0 spiro atoms. The topological polar surface area (TPSA) is 55.4 Å². The van der Waals surface area contributed by atoms with Gasteiger partial charge in [0, 0.05) is 6.42 Å². The maximum absolute atomic E-state index is 13.6. The molecule has 0 aliphatic carbocycles. The molecule has 0 saturated carbocycles. The van der Waals surface area contributed by atoms with Crippen LogP contribution in [0.25, 0.3) is 0 Å². The molecule has 4 nitrogen and oxygen atoms in total.